The van der Waals surface area contributed by atoms with Gasteiger partial charge in [0.05, 0.1) is 5.75 Å². The summed E-state index contributed by atoms with van der Waals surface area (Å²) in [7, 11) is 0. The highest BCUT2D eigenvalue weighted by Gasteiger charge is 2.16. The number of aromatic nitrogens is 2. The van der Waals surface area contributed by atoms with E-state index in [1.165, 1.54) is 11.3 Å². The van der Waals surface area contributed by atoms with Crippen LogP contribution in [0.1, 0.15) is 32.2 Å². The number of nitrogens with one attached hydrogen (secondary N) is 1. The first-order chi connectivity index (χ1) is 9.51. The molecule has 3 rings (SSSR count). The van der Waals surface area contributed by atoms with Crippen LogP contribution in [0.25, 0.3) is 11.5 Å². The number of fused-ring (bicyclic) bond motifs is 1. The normalized spacial score (nSPS) is 14.2. The zero-order valence-electron chi connectivity index (χ0n) is 12.1. The monoisotopic (exact) mass is 289 g/mol. The number of hydrogen-bond donors (Lipinski definition) is 1. The second kappa shape index (κ2) is 5.13. The molecule has 1 aliphatic heterocycles. The molecule has 0 spiro atoms. The van der Waals surface area contributed by atoms with Gasteiger partial charge in [0.25, 0.3) is 5.89 Å². The molecule has 1 aromatic heterocycles. The minimum atomic E-state index is 0.207. The highest BCUT2D eigenvalue weighted by Crippen LogP contribution is 2.30. The van der Waals surface area contributed by atoms with E-state index in [4.69, 9.17) is 4.52 Å². The van der Waals surface area contributed by atoms with Gasteiger partial charge in [0.1, 0.15) is 0 Å². The van der Waals surface area contributed by atoms with Crippen molar-refractivity contribution in [2.45, 2.75) is 37.7 Å². The molecule has 0 atom stereocenters. The molecule has 5 heteroatoms. The maximum atomic E-state index is 5.37. The zero-order chi connectivity index (χ0) is 14.2. The van der Waals surface area contributed by atoms with Crippen molar-refractivity contribution in [3.63, 3.8) is 0 Å². The topological polar surface area (TPSA) is 51.0 Å². The Labute approximate surface area is 123 Å². The Balaban J connectivity index is 1.76. The maximum Gasteiger partial charge on any atom is 0.258 e. The Morgan fingerprint density at radius 2 is 2.20 bits per heavy atom. The third-order valence-electron chi connectivity index (χ3n) is 3.17. The second-order valence-corrected chi connectivity index (χ2v) is 7.77. The zero-order valence-corrected chi connectivity index (χ0v) is 12.9. The molecule has 0 saturated heterocycles. The SMILES string of the molecule is CC(C)(C)SCc1noc(-c2ccc3c(c2)NCC3)n1. The summed E-state index contributed by atoms with van der Waals surface area (Å²) >= 11 is 1.82. The molecule has 1 aromatic carbocycles. The third kappa shape index (κ3) is 2.98. The maximum absolute atomic E-state index is 5.37. The van der Waals surface area contributed by atoms with Gasteiger partial charge < -0.3 is 9.84 Å². The summed E-state index contributed by atoms with van der Waals surface area (Å²) in [6, 6.07) is 6.29. The fraction of sp³-hybridized carbons (Fsp3) is 0.467. The molecule has 0 unspecified atom stereocenters. The number of benzene rings is 1. The molecule has 0 aliphatic carbocycles. The summed E-state index contributed by atoms with van der Waals surface area (Å²) in [5.41, 5.74) is 3.53. The van der Waals surface area contributed by atoms with Crippen molar-refractivity contribution >= 4 is 17.4 Å². The fourth-order valence-corrected chi connectivity index (χ4v) is 2.81. The van der Waals surface area contributed by atoms with Gasteiger partial charge in [-0.05, 0) is 24.1 Å². The van der Waals surface area contributed by atoms with E-state index in [1.54, 1.807) is 0 Å². The van der Waals surface area contributed by atoms with Crippen molar-refractivity contribution in [2.24, 2.45) is 0 Å². The molecule has 2 heterocycles. The van der Waals surface area contributed by atoms with Gasteiger partial charge in [0.15, 0.2) is 5.82 Å². The average molecular weight is 289 g/mol. The molecule has 2 aromatic rings. The molecule has 1 aliphatic rings. The van der Waals surface area contributed by atoms with Crippen LogP contribution in [-0.4, -0.2) is 21.4 Å². The molecular formula is C15H19N3OS. The van der Waals surface area contributed by atoms with Crippen LogP contribution in [0.5, 0.6) is 0 Å². The van der Waals surface area contributed by atoms with Crippen LogP contribution in [0.15, 0.2) is 22.7 Å². The summed E-state index contributed by atoms with van der Waals surface area (Å²) < 4.78 is 5.58. The fourth-order valence-electron chi connectivity index (χ4n) is 2.13. The largest absolute Gasteiger partial charge is 0.384 e. The summed E-state index contributed by atoms with van der Waals surface area (Å²) in [5, 5.41) is 7.43. The Hall–Kier alpha value is -1.49. The van der Waals surface area contributed by atoms with Crippen molar-refractivity contribution in [3.8, 4) is 11.5 Å². The Morgan fingerprint density at radius 1 is 1.35 bits per heavy atom. The minimum absolute atomic E-state index is 0.207. The van der Waals surface area contributed by atoms with Gasteiger partial charge in [-0.1, -0.05) is 32.0 Å². The summed E-state index contributed by atoms with van der Waals surface area (Å²) in [4.78, 5) is 4.48. The summed E-state index contributed by atoms with van der Waals surface area (Å²) in [6.07, 6.45) is 1.09. The van der Waals surface area contributed by atoms with Crippen molar-refractivity contribution in [1.29, 1.82) is 0 Å². The molecule has 20 heavy (non-hydrogen) atoms. The minimum Gasteiger partial charge on any atom is -0.384 e. The average Bonchev–Trinajstić information content (AvgIpc) is 3.03. The van der Waals surface area contributed by atoms with Crippen LogP contribution in [0.3, 0.4) is 0 Å². The van der Waals surface area contributed by atoms with E-state index in [0.717, 1.165) is 30.1 Å². The molecule has 0 amide bonds. The quantitative estimate of drug-likeness (QED) is 0.933. The van der Waals surface area contributed by atoms with Gasteiger partial charge in [0, 0.05) is 22.5 Å². The Kier molecular flexibility index (Phi) is 3.46. The van der Waals surface area contributed by atoms with Gasteiger partial charge in [-0.15, -0.1) is 11.8 Å². The highest BCUT2D eigenvalue weighted by molar-refractivity contribution is 7.99. The molecule has 106 valence electrons. The van der Waals surface area contributed by atoms with Gasteiger partial charge in [-0.3, -0.25) is 0 Å². The van der Waals surface area contributed by atoms with Crippen LogP contribution in [0.4, 0.5) is 5.69 Å². The smallest absolute Gasteiger partial charge is 0.258 e. The van der Waals surface area contributed by atoms with Crippen LogP contribution in [0, 0.1) is 0 Å². The Bertz CT molecular complexity index is 616. The van der Waals surface area contributed by atoms with Gasteiger partial charge in [-0.2, -0.15) is 4.98 Å². The van der Waals surface area contributed by atoms with E-state index in [2.05, 4.69) is 54.4 Å². The van der Waals surface area contributed by atoms with E-state index in [1.807, 2.05) is 11.8 Å². The lowest BCUT2D eigenvalue weighted by Crippen LogP contribution is -2.07. The molecule has 0 radical (unpaired) electrons. The highest BCUT2D eigenvalue weighted by atomic mass is 32.2. The predicted molar refractivity (Wildman–Crippen MR) is 83.0 cm³/mol. The lowest BCUT2D eigenvalue weighted by atomic mass is 10.1. The summed E-state index contributed by atoms with van der Waals surface area (Å²) in [5.74, 6) is 2.13. The first-order valence-corrected chi connectivity index (χ1v) is 7.83. The number of thioether (sulfide) groups is 1. The third-order valence-corrected chi connectivity index (χ3v) is 4.44. The van der Waals surface area contributed by atoms with Gasteiger partial charge in [-0.25, -0.2) is 0 Å². The first kappa shape index (κ1) is 13.5. The van der Waals surface area contributed by atoms with Gasteiger partial charge in [0.2, 0.25) is 0 Å². The van der Waals surface area contributed by atoms with Crippen LogP contribution < -0.4 is 5.32 Å². The number of rotatable bonds is 3. The van der Waals surface area contributed by atoms with Crippen LogP contribution >= 0.6 is 11.8 Å². The second-order valence-electron chi connectivity index (χ2n) is 5.97. The summed E-state index contributed by atoms with van der Waals surface area (Å²) in [6.45, 7) is 7.57. The molecule has 1 N–H and O–H groups in total. The Morgan fingerprint density at radius 3 is 3.00 bits per heavy atom. The van der Waals surface area contributed by atoms with Crippen molar-refractivity contribution in [2.75, 3.05) is 11.9 Å². The van der Waals surface area contributed by atoms with Gasteiger partial charge >= 0.3 is 0 Å². The molecule has 4 nitrogen and oxygen atoms in total. The van der Waals surface area contributed by atoms with E-state index in [-0.39, 0.29) is 4.75 Å². The van der Waals surface area contributed by atoms with E-state index >= 15 is 0 Å². The standard InChI is InChI=1S/C15H19N3OS/c1-15(2,3)20-9-13-17-14(19-18-13)11-5-4-10-6-7-16-12(10)8-11/h4-5,8,16H,6-7,9H2,1-3H3. The van der Waals surface area contributed by atoms with Crippen molar-refractivity contribution < 1.29 is 4.52 Å². The van der Waals surface area contributed by atoms with Crippen LogP contribution in [-0.2, 0) is 12.2 Å². The molecular weight excluding hydrogens is 270 g/mol. The number of anilines is 1. The molecule has 0 saturated carbocycles. The van der Waals surface area contributed by atoms with Crippen LogP contribution in [0.2, 0.25) is 0 Å². The lowest BCUT2D eigenvalue weighted by molar-refractivity contribution is 0.425. The lowest BCUT2D eigenvalue weighted by Gasteiger charge is -2.15. The predicted octanol–water partition coefficient (Wildman–Crippen LogP) is 3.74. The van der Waals surface area contributed by atoms with E-state index in [0.29, 0.717) is 5.89 Å². The van der Waals surface area contributed by atoms with E-state index < -0.39 is 0 Å². The molecule has 0 bridgehead atoms. The molecule has 0 fully saturated rings. The number of nitrogens with zero attached hydrogens (tertiary/aromatic N) is 2. The van der Waals surface area contributed by atoms with Crippen molar-refractivity contribution in [1.82, 2.24) is 10.1 Å². The first-order valence-electron chi connectivity index (χ1n) is 6.85. The van der Waals surface area contributed by atoms with E-state index in [9.17, 15) is 0 Å². The number of hydrogen-bond acceptors (Lipinski definition) is 5. The van der Waals surface area contributed by atoms with Crippen molar-refractivity contribution in [3.05, 3.63) is 29.6 Å².